The van der Waals surface area contributed by atoms with Gasteiger partial charge in [-0.1, -0.05) is 29.5 Å². The number of aromatic nitrogens is 1. The van der Waals surface area contributed by atoms with E-state index in [2.05, 4.69) is 10.3 Å². The number of hydrogen-bond donors (Lipinski definition) is 1. The molecule has 140 valence electrons. The molecule has 0 spiro atoms. The smallest absolute Gasteiger partial charge is 0.350 e. The van der Waals surface area contributed by atoms with Gasteiger partial charge in [-0.3, -0.25) is 4.79 Å². The minimum absolute atomic E-state index is 0.102. The number of amides is 1. The van der Waals surface area contributed by atoms with Crippen LogP contribution in [0.2, 0.25) is 0 Å². The summed E-state index contributed by atoms with van der Waals surface area (Å²) < 4.78 is 30.7. The van der Waals surface area contributed by atoms with Gasteiger partial charge < -0.3 is 10.1 Å². The molecule has 0 saturated carbocycles. The molecule has 8 nitrogen and oxygen atoms in total. The van der Waals surface area contributed by atoms with Gasteiger partial charge >= 0.3 is 5.97 Å². The van der Waals surface area contributed by atoms with Crippen LogP contribution in [0, 0.1) is 6.92 Å². The van der Waals surface area contributed by atoms with E-state index in [0.29, 0.717) is 10.6 Å². The number of nitrogens with zero attached hydrogens (tertiary/aromatic N) is 2. The molecule has 0 aliphatic carbocycles. The molecule has 0 aliphatic heterocycles. The Morgan fingerprint density at radius 3 is 2.54 bits per heavy atom. The Hall–Kier alpha value is -2.30. The molecular formula is C16H19N3O5S2. The van der Waals surface area contributed by atoms with E-state index < -0.39 is 21.9 Å². The molecule has 1 aromatic carbocycles. The number of carbonyl (C=O) groups is 2. The van der Waals surface area contributed by atoms with Crippen molar-refractivity contribution in [1.29, 1.82) is 0 Å². The Morgan fingerprint density at radius 2 is 1.92 bits per heavy atom. The van der Waals surface area contributed by atoms with Crippen LogP contribution in [0.4, 0.5) is 5.13 Å². The number of carbonyl (C=O) groups excluding carboxylic acids is 2. The topological polar surface area (TPSA) is 106 Å². The Bertz CT molecular complexity index is 894. The molecule has 0 radical (unpaired) electrons. The molecular weight excluding hydrogens is 378 g/mol. The van der Waals surface area contributed by atoms with Crippen molar-refractivity contribution in [3.05, 3.63) is 40.9 Å². The van der Waals surface area contributed by atoms with Gasteiger partial charge in [0.05, 0.1) is 23.7 Å². The molecule has 1 aromatic heterocycles. The fraction of sp³-hybridized carbons (Fsp3) is 0.312. The van der Waals surface area contributed by atoms with Gasteiger partial charge in [0.25, 0.3) is 0 Å². The third kappa shape index (κ3) is 4.65. The van der Waals surface area contributed by atoms with Gasteiger partial charge in [0.2, 0.25) is 15.9 Å². The summed E-state index contributed by atoms with van der Waals surface area (Å²) in [7, 11) is -2.45. The number of aryl methyl sites for hydroxylation is 1. The molecule has 26 heavy (non-hydrogen) atoms. The monoisotopic (exact) mass is 397 g/mol. The van der Waals surface area contributed by atoms with Crippen molar-refractivity contribution < 1.29 is 22.7 Å². The molecule has 0 bridgehead atoms. The van der Waals surface area contributed by atoms with Crippen LogP contribution in [0.1, 0.15) is 22.3 Å². The number of esters is 1. The Labute approximate surface area is 155 Å². The maximum absolute atomic E-state index is 12.4. The lowest BCUT2D eigenvalue weighted by Gasteiger charge is -2.16. The highest BCUT2D eigenvalue weighted by Gasteiger charge is 2.23. The van der Waals surface area contributed by atoms with E-state index in [4.69, 9.17) is 4.74 Å². The van der Waals surface area contributed by atoms with Crippen molar-refractivity contribution in [2.45, 2.75) is 18.7 Å². The fourth-order valence-corrected chi connectivity index (χ4v) is 4.08. The predicted molar refractivity (Wildman–Crippen MR) is 97.7 cm³/mol. The molecule has 0 fully saturated rings. The second kappa shape index (κ2) is 8.39. The summed E-state index contributed by atoms with van der Waals surface area (Å²) >= 11 is 0.981. The fourth-order valence-electron chi connectivity index (χ4n) is 2.05. The number of ether oxygens (including phenoxy) is 1. The number of nitrogens with one attached hydrogen (secondary N) is 1. The first-order valence-electron chi connectivity index (χ1n) is 7.71. The first kappa shape index (κ1) is 20.0. The molecule has 1 amide bonds. The minimum Gasteiger partial charge on any atom is -0.462 e. The van der Waals surface area contributed by atoms with E-state index in [1.807, 2.05) is 0 Å². The largest absolute Gasteiger partial charge is 0.462 e. The zero-order chi connectivity index (χ0) is 19.3. The lowest BCUT2D eigenvalue weighted by molar-refractivity contribution is -0.116. The number of likely N-dealkylation sites (N-methyl/N-ethyl adjacent to an activating group) is 1. The van der Waals surface area contributed by atoms with Crippen LogP contribution < -0.4 is 5.32 Å². The molecule has 0 atom stereocenters. The number of anilines is 1. The quantitative estimate of drug-likeness (QED) is 0.715. The van der Waals surface area contributed by atoms with Gasteiger partial charge in [-0.25, -0.2) is 18.2 Å². The van der Waals surface area contributed by atoms with E-state index in [1.54, 1.807) is 32.0 Å². The van der Waals surface area contributed by atoms with E-state index in [-0.39, 0.29) is 23.2 Å². The molecule has 10 heteroatoms. The van der Waals surface area contributed by atoms with Gasteiger partial charge in [-0.15, -0.1) is 0 Å². The van der Waals surface area contributed by atoms with Crippen molar-refractivity contribution in [2.24, 2.45) is 0 Å². The molecule has 1 heterocycles. The first-order valence-corrected chi connectivity index (χ1v) is 9.97. The predicted octanol–water partition coefficient (Wildman–Crippen LogP) is 1.89. The van der Waals surface area contributed by atoms with Crippen LogP contribution in [0.5, 0.6) is 0 Å². The maximum atomic E-state index is 12.4. The zero-order valence-corrected chi connectivity index (χ0v) is 16.2. The van der Waals surface area contributed by atoms with Crippen LogP contribution >= 0.6 is 11.3 Å². The van der Waals surface area contributed by atoms with E-state index >= 15 is 0 Å². The van der Waals surface area contributed by atoms with Gasteiger partial charge in [0.1, 0.15) is 4.88 Å². The van der Waals surface area contributed by atoms with Crippen molar-refractivity contribution in [2.75, 3.05) is 25.5 Å². The maximum Gasteiger partial charge on any atom is 0.350 e. The Morgan fingerprint density at radius 1 is 1.27 bits per heavy atom. The lowest BCUT2D eigenvalue weighted by atomic mass is 10.4. The second-order valence-electron chi connectivity index (χ2n) is 5.28. The summed E-state index contributed by atoms with van der Waals surface area (Å²) in [6.07, 6.45) is 0. The van der Waals surface area contributed by atoms with E-state index in [0.717, 1.165) is 15.6 Å². The van der Waals surface area contributed by atoms with Crippen molar-refractivity contribution >= 4 is 38.4 Å². The summed E-state index contributed by atoms with van der Waals surface area (Å²) in [5, 5.41) is 2.72. The Kier molecular flexibility index (Phi) is 6.46. The average molecular weight is 397 g/mol. The van der Waals surface area contributed by atoms with Crippen LogP contribution in [0.3, 0.4) is 0 Å². The number of sulfonamides is 1. The summed E-state index contributed by atoms with van der Waals surface area (Å²) in [6, 6.07) is 7.84. The molecule has 2 aromatic rings. The number of hydrogen-bond acceptors (Lipinski definition) is 7. The highest BCUT2D eigenvalue weighted by atomic mass is 32.2. The minimum atomic E-state index is -3.77. The average Bonchev–Trinajstić information content (AvgIpc) is 2.96. The summed E-state index contributed by atoms with van der Waals surface area (Å²) in [4.78, 5) is 28.4. The van der Waals surface area contributed by atoms with Crippen LogP contribution in [0.25, 0.3) is 0 Å². The highest BCUT2D eigenvalue weighted by molar-refractivity contribution is 7.89. The summed E-state index contributed by atoms with van der Waals surface area (Å²) in [6.45, 7) is 3.18. The van der Waals surface area contributed by atoms with Gasteiger partial charge in [0.15, 0.2) is 5.13 Å². The first-order chi connectivity index (χ1) is 12.3. The SMILES string of the molecule is CCOC(=O)c1sc(NC(=O)CN(C)S(=O)(=O)c2ccccc2)nc1C. The normalized spacial score (nSPS) is 11.4. The molecule has 0 aliphatic rings. The van der Waals surface area contributed by atoms with Gasteiger partial charge in [0, 0.05) is 7.05 Å². The number of rotatable bonds is 7. The standard InChI is InChI=1S/C16H19N3O5S2/c1-4-24-15(21)14-11(2)17-16(25-14)18-13(20)10-19(3)26(22,23)12-8-6-5-7-9-12/h5-9H,4,10H2,1-3H3,(H,17,18,20). The summed E-state index contributed by atoms with van der Waals surface area (Å²) in [5.41, 5.74) is 0.439. The van der Waals surface area contributed by atoms with Gasteiger partial charge in [-0.05, 0) is 26.0 Å². The molecule has 0 unspecified atom stereocenters. The third-order valence-corrected chi connectivity index (χ3v) is 6.19. The molecule has 0 saturated heterocycles. The van der Waals surface area contributed by atoms with Crippen molar-refractivity contribution in [3.8, 4) is 0 Å². The van der Waals surface area contributed by atoms with Gasteiger partial charge in [-0.2, -0.15) is 4.31 Å². The van der Waals surface area contributed by atoms with Crippen LogP contribution in [-0.4, -0.2) is 49.8 Å². The Balaban J connectivity index is 2.05. The summed E-state index contributed by atoms with van der Waals surface area (Å²) in [5.74, 6) is -1.07. The highest BCUT2D eigenvalue weighted by Crippen LogP contribution is 2.23. The third-order valence-electron chi connectivity index (χ3n) is 3.32. The number of thiazole rings is 1. The van der Waals surface area contributed by atoms with E-state index in [9.17, 15) is 18.0 Å². The van der Waals surface area contributed by atoms with Crippen molar-refractivity contribution in [1.82, 2.24) is 9.29 Å². The second-order valence-corrected chi connectivity index (χ2v) is 8.32. The van der Waals surface area contributed by atoms with Crippen molar-refractivity contribution in [3.63, 3.8) is 0 Å². The van der Waals surface area contributed by atoms with Crippen LogP contribution in [0.15, 0.2) is 35.2 Å². The number of benzene rings is 1. The molecule has 2 rings (SSSR count). The lowest BCUT2D eigenvalue weighted by Crippen LogP contribution is -2.34. The van der Waals surface area contributed by atoms with E-state index in [1.165, 1.54) is 19.2 Å². The molecule has 1 N–H and O–H groups in total. The zero-order valence-electron chi connectivity index (χ0n) is 14.6. The van der Waals surface area contributed by atoms with Crippen LogP contribution in [-0.2, 0) is 19.6 Å².